The Morgan fingerprint density at radius 2 is 1.00 bits per heavy atom. The number of hydrogen-bond donors (Lipinski definition) is 0. The zero-order valence-corrected chi connectivity index (χ0v) is 16.2. The van der Waals surface area contributed by atoms with Gasteiger partial charge in [0.2, 0.25) is 0 Å². The molecule has 0 aromatic heterocycles. The fraction of sp³-hybridized carbons (Fsp3) is 0. The average molecular weight is 832 g/mol. The Kier molecular flexibility index (Phi) is 419. The molecule has 0 saturated carbocycles. The van der Waals surface area contributed by atoms with Crippen LogP contribution in [0.2, 0.25) is 0 Å². The van der Waals surface area contributed by atoms with E-state index in [9.17, 15) is 0 Å². The molecule has 0 amide bonds. The summed E-state index contributed by atoms with van der Waals surface area (Å²) in [7, 11) is 0. The molecule has 0 unspecified atom stereocenters. The third-order valence-corrected chi connectivity index (χ3v) is 0. The SMILES string of the molecule is [Co].[Ni].[Pd].[Pt].[Ta].[Ti].[W]. The van der Waals surface area contributed by atoms with Crippen molar-refractivity contribution in [1.82, 2.24) is 0 Å². The van der Waals surface area contributed by atoms with E-state index in [0.29, 0.717) is 0 Å². The van der Waals surface area contributed by atoms with Crippen LogP contribution in [-0.2, 0) is 140 Å². The van der Waals surface area contributed by atoms with Gasteiger partial charge in [0, 0.05) is 140 Å². The minimum atomic E-state index is 0. The van der Waals surface area contributed by atoms with Crippen LogP contribution in [0.15, 0.2) is 0 Å². The third kappa shape index (κ3) is 37.5. The Bertz CT molecular complexity index is 19.7. The quantitative estimate of drug-likeness (QED) is 0.302. The van der Waals surface area contributed by atoms with E-state index in [1.54, 1.807) is 0 Å². The van der Waals surface area contributed by atoms with Crippen molar-refractivity contribution in [2.45, 2.75) is 0 Å². The largest absolute Gasteiger partial charge is 0 e. The molecule has 0 aliphatic heterocycles. The second-order valence-corrected chi connectivity index (χ2v) is 0. The van der Waals surface area contributed by atoms with E-state index < -0.39 is 0 Å². The van der Waals surface area contributed by atoms with Crippen LogP contribution >= 0.6 is 0 Å². The van der Waals surface area contributed by atoms with Gasteiger partial charge >= 0.3 is 0 Å². The Morgan fingerprint density at radius 3 is 1.00 bits per heavy atom. The molecule has 0 aliphatic carbocycles. The van der Waals surface area contributed by atoms with Gasteiger partial charge in [-0.1, -0.05) is 0 Å². The van der Waals surface area contributed by atoms with Gasteiger partial charge < -0.3 is 0 Å². The molecule has 7 heavy (non-hydrogen) atoms. The molecule has 2 radical (unpaired) electrons. The van der Waals surface area contributed by atoms with E-state index in [1.807, 2.05) is 0 Å². The van der Waals surface area contributed by atoms with Gasteiger partial charge in [-0.05, 0) is 0 Å². The van der Waals surface area contributed by atoms with Gasteiger partial charge in [-0.15, -0.1) is 0 Å². The number of hydrogen-bond acceptors (Lipinski definition) is 0. The van der Waals surface area contributed by atoms with Crippen molar-refractivity contribution >= 4 is 0 Å². The summed E-state index contributed by atoms with van der Waals surface area (Å²) in [4.78, 5) is 0. The van der Waals surface area contributed by atoms with Crippen LogP contribution in [0.3, 0.4) is 0 Å². The van der Waals surface area contributed by atoms with Crippen molar-refractivity contribution in [3.63, 3.8) is 0 Å². The first-order valence-electron chi connectivity index (χ1n) is 0. The van der Waals surface area contributed by atoms with Crippen LogP contribution in [0.4, 0.5) is 0 Å². The summed E-state index contributed by atoms with van der Waals surface area (Å²) in [6, 6.07) is 0. The summed E-state index contributed by atoms with van der Waals surface area (Å²) >= 11 is 0. The predicted molar refractivity (Wildman–Crippen MR) is 0 cm³/mol. The first-order valence-corrected chi connectivity index (χ1v) is 0. The first-order chi connectivity index (χ1) is 0. The van der Waals surface area contributed by atoms with Crippen LogP contribution in [0, 0.1) is 0 Å². The average Bonchev–Trinajstić information content (AvgIpc) is 0. The van der Waals surface area contributed by atoms with Crippen molar-refractivity contribution in [2.24, 2.45) is 0 Å². The summed E-state index contributed by atoms with van der Waals surface area (Å²) < 4.78 is 0. The van der Waals surface area contributed by atoms with Crippen LogP contribution < -0.4 is 0 Å². The minimum Gasteiger partial charge on any atom is 0 e. The summed E-state index contributed by atoms with van der Waals surface area (Å²) in [5, 5.41) is 0. The third-order valence-electron chi connectivity index (χ3n) is 0. The molecule has 0 N–H and O–H groups in total. The molecule has 0 saturated heterocycles. The summed E-state index contributed by atoms with van der Waals surface area (Å²) in [5.74, 6) is 0. The zero-order chi connectivity index (χ0) is 0. The Hall–Kier alpha value is 4.49. The van der Waals surface area contributed by atoms with Gasteiger partial charge in [0.05, 0.1) is 0 Å². The van der Waals surface area contributed by atoms with Crippen molar-refractivity contribution in [1.29, 1.82) is 0 Å². The van der Waals surface area contributed by atoms with Crippen molar-refractivity contribution < 1.29 is 140 Å². The second kappa shape index (κ2) is 46.8. The molecule has 0 spiro atoms. The Labute approximate surface area is 137 Å². The molecule has 54 valence electrons. The smallest absolute Gasteiger partial charge is 0 e. The molecule has 0 heterocycles. The van der Waals surface area contributed by atoms with E-state index in [-0.39, 0.29) is 140 Å². The molecule has 0 aliphatic rings. The number of rotatable bonds is 0. The maximum atomic E-state index is 0. The Morgan fingerprint density at radius 1 is 1.00 bits per heavy atom. The molecular weight excluding hydrogens is 832 g/mol. The van der Waals surface area contributed by atoms with Crippen LogP contribution in [0.5, 0.6) is 0 Å². The molecule has 0 aromatic rings. The van der Waals surface area contributed by atoms with Gasteiger partial charge in [0.15, 0.2) is 0 Å². The molecule has 0 aromatic carbocycles. The van der Waals surface area contributed by atoms with Gasteiger partial charge in [0.1, 0.15) is 0 Å². The summed E-state index contributed by atoms with van der Waals surface area (Å²) in [6.45, 7) is 0. The van der Waals surface area contributed by atoms with Crippen molar-refractivity contribution in [3.8, 4) is 0 Å². The second-order valence-electron chi connectivity index (χ2n) is 0. The monoisotopic (exact) mass is 831 g/mol. The van der Waals surface area contributed by atoms with E-state index in [2.05, 4.69) is 0 Å². The summed E-state index contributed by atoms with van der Waals surface area (Å²) in [6.07, 6.45) is 0. The van der Waals surface area contributed by atoms with Crippen molar-refractivity contribution in [2.75, 3.05) is 0 Å². The molecule has 0 bridgehead atoms. The van der Waals surface area contributed by atoms with E-state index in [1.165, 1.54) is 0 Å². The predicted octanol–water partition coefficient (Wildman–Crippen LogP) is -0.0175. The first kappa shape index (κ1) is 62.7. The van der Waals surface area contributed by atoms with Gasteiger partial charge in [-0.25, -0.2) is 0 Å². The zero-order valence-electron chi connectivity index (χ0n) is 2.64. The van der Waals surface area contributed by atoms with E-state index in [4.69, 9.17) is 0 Å². The fourth-order valence-corrected chi connectivity index (χ4v) is 0. The standard InChI is InChI=1S/Co.Ni.Pd.Pt.Ta.Ti.W. The molecule has 0 rings (SSSR count). The Balaban J connectivity index is 0. The van der Waals surface area contributed by atoms with Gasteiger partial charge in [-0.3, -0.25) is 0 Å². The topological polar surface area (TPSA) is 0 Å². The van der Waals surface area contributed by atoms with Crippen molar-refractivity contribution in [3.05, 3.63) is 0 Å². The van der Waals surface area contributed by atoms with E-state index in [0.717, 1.165) is 0 Å². The summed E-state index contributed by atoms with van der Waals surface area (Å²) in [5.41, 5.74) is 0. The van der Waals surface area contributed by atoms with Crippen LogP contribution in [0.1, 0.15) is 0 Å². The molecular formula is CoNiPdPtTaTiW. The maximum absolute atomic E-state index is 0. The van der Waals surface area contributed by atoms with Crippen LogP contribution in [0.25, 0.3) is 0 Å². The fourth-order valence-electron chi connectivity index (χ4n) is 0. The normalized spacial score (nSPS) is 0. The van der Waals surface area contributed by atoms with Gasteiger partial charge in [-0.2, -0.15) is 0 Å². The minimum absolute atomic E-state index is 0. The maximum Gasteiger partial charge on any atom is 0 e. The van der Waals surface area contributed by atoms with Gasteiger partial charge in [0.25, 0.3) is 0 Å². The molecule has 0 nitrogen and oxygen atoms in total. The van der Waals surface area contributed by atoms with E-state index >= 15 is 0 Å². The molecule has 7 heteroatoms. The van der Waals surface area contributed by atoms with Crippen LogP contribution in [-0.4, -0.2) is 0 Å². The molecule has 0 atom stereocenters. The molecule has 0 fully saturated rings.